The number of amides is 1. The van der Waals surface area contributed by atoms with Crippen molar-refractivity contribution in [2.75, 3.05) is 11.1 Å². The number of halogens is 3. The van der Waals surface area contributed by atoms with Crippen molar-refractivity contribution in [2.45, 2.75) is 4.90 Å². The summed E-state index contributed by atoms with van der Waals surface area (Å²) < 4.78 is 24.6. The number of rotatable bonds is 5. The van der Waals surface area contributed by atoms with Gasteiger partial charge in [0.15, 0.2) is 15.0 Å². The maximum Gasteiger partial charge on any atom is 0.241 e. The molecule has 10 heteroatoms. The Labute approximate surface area is 174 Å². The minimum absolute atomic E-state index is 0.0209. The van der Waals surface area contributed by atoms with Gasteiger partial charge in [0.2, 0.25) is 5.91 Å². The van der Waals surface area contributed by atoms with Gasteiger partial charge in [-0.15, -0.1) is 11.3 Å². The molecule has 0 spiro atoms. The highest BCUT2D eigenvalue weighted by Gasteiger charge is 2.20. The van der Waals surface area contributed by atoms with Gasteiger partial charge in [-0.25, -0.2) is 13.4 Å². The molecule has 1 heterocycles. The topological polar surface area (TPSA) is 76.1 Å². The van der Waals surface area contributed by atoms with Crippen molar-refractivity contribution in [3.63, 3.8) is 0 Å². The van der Waals surface area contributed by atoms with Crippen LogP contribution in [-0.2, 0) is 14.6 Å². The Morgan fingerprint density at radius 2 is 1.70 bits per heavy atom. The number of anilines is 1. The molecule has 1 amide bonds. The Morgan fingerprint density at radius 3 is 2.41 bits per heavy atom. The summed E-state index contributed by atoms with van der Waals surface area (Å²) in [4.78, 5) is 16.4. The monoisotopic (exact) mass is 460 g/mol. The molecule has 0 saturated carbocycles. The molecule has 3 aromatic rings. The molecule has 140 valence electrons. The zero-order chi connectivity index (χ0) is 19.6. The van der Waals surface area contributed by atoms with E-state index in [-0.39, 0.29) is 10.0 Å². The average molecular weight is 462 g/mol. The van der Waals surface area contributed by atoms with Gasteiger partial charge in [0.25, 0.3) is 0 Å². The van der Waals surface area contributed by atoms with Gasteiger partial charge in [-0.3, -0.25) is 4.79 Å². The molecule has 0 atom stereocenters. The third-order valence-electron chi connectivity index (χ3n) is 3.45. The first kappa shape index (κ1) is 20.1. The van der Waals surface area contributed by atoms with Gasteiger partial charge in [-0.1, -0.05) is 34.8 Å². The number of carbonyl (C=O) groups excluding carboxylic acids is 1. The summed E-state index contributed by atoms with van der Waals surface area (Å²) in [6.07, 6.45) is 0. The number of carbonyl (C=O) groups is 1. The van der Waals surface area contributed by atoms with E-state index in [4.69, 9.17) is 34.8 Å². The van der Waals surface area contributed by atoms with Crippen LogP contribution in [0.4, 0.5) is 5.13 Å². The molecule has 3 rings (SSSR count). The minimum Gasteiger partial charge on any atom is -0.301 e. The van der Waals surface area contributed by atoms with Crippen molar-refractivity contribution in [3.8, 4) is 11.3 Å². The Hall–Kier alpha value is -1.64. The average Bonchev–Trinajstić information content (AvgIpc) is 3.05. The minimum atomic E-state index is -3.79. The van der Waals surface area contributed by atoms with Crippen LogP contribution < -0.4 is 5.32 Å². The van der Waals surface area contributed by atoms with Crippen molar-refractivity contribution in [2.24, 2.45) is 0 Å². The van der Waals surface area contributed by atoms with Crippen LogP contribution in [0.3, 0.4) is 0 Å². The van der Waals surface area contributed by atoms with Crippen molar-refractivity contribution in [3.05, 3.63) is 62.9 Å². The zero-order valence-corrected chi connectivity index (χ0v) is 17.3. The fraction of sp³-hybridized carbons (Fsp3) is 0.0588. The number of benzene rings is 2. The Morgan fingerprint density at radius 1 is 1.04 bits per heavy atom. The molecule has 0 saturated heterocycles. The smallest absolute Gasteiger partial charge is 0.241 e. The van der Waals surface area contributed by atoms with E-state index in [9.17, 15) is 13.2 Å². The molecular weight excluding hydrogens is 451 g/mol. The van der Waals surface area contributed by atoms with Crippen LogP contribution >= 0.6 is 46.1 Å². The molecule has 2 aromatic carbocycles. The van der Waals surface area contributed by atoms with Crippen LogP contribution in [0, 0.1) is 0 Å². The van der Waals surface area contributed by atoms with Crippen molar-refractivity contribution >= 4 is 67.0 Å². The number of hydrogen-bond acceptors (Lipinski definition) is 5. The number of thiazole rings is 1. The molecule has 0 aliphatic carbocycles. The molecule has 0 bridgehead atoms. The summed E-state index contributed by atoms with van der Waals surface area (Å²) in [5.74, 6) is -1.40. The first-order chi connectivity index (χ1) is 12.7. The van der Waals surface area contributed by atoms with Crippen LogP contribution in [0.25, 0.3) is 11.3 Å². The third-order valence-corrected chi connectivity index (χ3v) is 6.66. The Balaban J connectivity index is 1.73. The molecule has 27 heavy (non-hydrogen) atoms. The first-order valence-corrected chi connectivity index (χ1v) is 11.1. The largest absolute Gasteiger partial charge is 0.301 e. The lowest BCUT2D eigenvalue weighted by Crippen LogP contribution is -2.22. The van der Waals surface area contributed by atoms with Crippen LogP contribution in [0.15, 0.2) is 52.7 Å². The molecule has 0 fully saturated rings. The maximum absolute atomic E-state index is 12.3. The van der Waals surface area contributed by atoms with E-state index in [0.29, 0.717) is 26.3 Å². The maximum atomic E-state index is 12.3. The van der Waals surface area contributed by atoms with E-state index in [1.165, 1.54) is 24.3 Å². The summed E-state index contributed by atoms with van der Waals surface area (Å²) in [5, 5.41) is 5.83. The fourth-order valence-electron chi connectivity index (χ4n) is 2.20. The normalized spacial score (nSPS) is 11.4. The molecule has 0 aliphatic rings. The van der Waals surface area contributed by atoms with Crippen molar-refractivity contribution in [1.82, 2.24) is 4.98 Å². The second-order valence-electron chi connectivity index (χ2n) is 5.42. The lowest BCUT2D eigenvalue weighted by Gasteiger charge is -2.05. The summed E-state index contributed by atoms with van der Waals surface area (Å²) in [6.45, 7) is 0. The van der Waals surface area contributed by atoms with E-state index < -0.39 is 21.5 Å². The van der Waals surface area contributed by atoms with E-state index in [1.807, 2.05) is 0 Å². The summed E-state index contributed by atoms with van der Waals surface area (Å²) in [5.41, 5.74) is 1.15. The second-order valence-corrected chi connectivity index (χ2v) is 9.55. The first-order valence-electron chi connectivity index (χ1n) is 7.44. The lowest BCUT2D eigenvalue weighted by atomic mass is 10.2. The molecule has 1 N–H and O–H groups in total. The highest BCUT2D eigenvalue weighted by atomic mass is 35.5. The van der Waals surface area contributed by atoms with Crippen LogP contribution in [0.2, 0.25) is 15.1 Å². The van der Waals surface area contributed by atoms with E-state index in [0.717, 1.165) is 11.3 Å². The highest BCUT2D eigenvalue weighted by Crippen LogP contribution is 2.32. The second kappa shape index (κ2) is 8.16. The predicted molar refractivity (Wildman–Crippen MR) is 110 cm³/mol. The fourth-order valence-corrected chi connectivity index (χ4v) is 4.58. The summed E-state index contributed by atoms with van der Waals surface area (Å²) in [7, 11) is -3.79. The molecular formula is C17H11Cl3N2O3S2. The van der Waals surface area contributed by atoms with E-state index in [1.54, 1.807) is 23.6 Å². The molecule has 0 aliphatic heterocycles. The number of hydrogen-bond donors (Lipinski definition) is 1. The van der Waals surface area contributed by atoms with Gasteiger partial charge in [-0.05, 0) is 42.5 Å². The molecule has 0 radical (unpaired) electrons. The van der Waals surface area contributed by atoms with Gasteiger partial charge < -0.3 is 5.32 Å². The quantitative estimate of drug-likeness (QED) is 0.568. The van der Waals surface area contributed by atoms with Gasteiger partial charge >= 0.3 is 0 Å². The summed E-state index contributed by atoms with van der Waals surface area (Å²) in [6, 6.07) is 10.6. The molecule has 1 aromatic heterocycles. The van der Waals surface area contributed by atoms with Crippen LogP contribution in [0.5, 0.6) is 0 Å². The van der Waals surface area contributed by atoms with Gasteiger partial charge in [0.05, 0.1) is 15.6 Å². The number of aromatic nitrogens is 1. The number of nitrogens with zero attached hydrogens (tertiary/aromatic N) is 1. The zero-order valence-electron chi connectivity index (χ0n) is 13.4. The molecule has 5 nitrogen and oxygen atoms in total. The highest BCUT2D eigenvalue weighted by molar-refractivity contribution is 7.92. The molecule has 0 unspecified atom stereocenters. The SMILES string of the molecule is O=C(CS(=O)(=O)c1ccc(Cl)cc1)Nc1nc(-c2cc(Cl)ccc2Cl)cs1. The Kier molecular flexibility index (Phi) is 6.08. The van der Waals surface area contributed by atoms with E-state index >= 15 is 0 Å². The number of nitrogens with one attached hydrogen (secondary N) is 1. The predicted octanol–water partition coefficient (Wildman–Crippen LogP) is 5.18. The standard InChI is InChI=1S/C17H11Cl3N2O3S2/c18-10-1-4-12(5-2-10)27(24,25)9-16(23)22-17-21-15(8-26-17)13-7-11(19)3-6-14(13)20/h1-8H,9H2,(H,21,22,23). The van der Waals surface area contributed by atoms with Crippen molar-refractivity contribution < 1.29 is 13.2 Å². The van der Waals surface area contributed by atoms with Gasteiger partial charge in [0, 0.05) is 21.0 Å². The van der Waals surface area contributed by atoms with E-state index in [2.05, 4.69) is 10.3 Å². The number of sulfone groups is 1. The van der Waals surface area contributed by atoms with Crippen LogP contribution in [0.1, 0.15) is 0 Å². The lowest BCUT2D eigenvalue weighted by molar-refractivity contribution is -0.113. The van der Waals surface area contributed by atoms with Crippen molar-refractivity contribution in [1.29, 1.82) is 0 Å². The van der Waals surface area contributed by atoms with Gasteiger partial charge in [0.1, 0.15) is 5.75 Å². The Bertz CT molecular complexity index is 1100. The van der Waals surface area contributed by atoms with Crippen LogP contribution in [-0.4, -0.2) is 25.1 Å². The van der Waals surface area contributed by atoms with Gasteiger partial charge in [-0.2, -0.15) is 0 Å². The third kappa shape index (κ3) is 5.00. The summed E-state index contributed by atoms with van der Waals surface area (Å²) >= 11 is 19.0.